The second-order valence-corrected chi connectivity index (χ2v) is 7.10. The van der Waals surface area contributed by atoms with Crippen molar-refractivity contribution >= 4 is 11.8 Å². The van der Waals surface area contributed by atoms with Gasteiger partial charge >= 0.3 is 0 Å². The number of nitrogens with zero attached hydrogens (tertiary/aromatic N) is 1. The molecule has 6 heteroatoms. The number of fused-ring (bicyclic) bond motifs is 1. The Morgan fingerprint density at radius 2 is 1.92 bits per heavy atom. The van der Waals surface area contributed by atoms with Crippen molar-refractivity contribution in [3.05, 3.63) is 23.3 Å². The van der Waals surface area contributed by atoms with Gasteiger partial charge in [-0.15, -0.1) is 0 Å². The summed E-state index contributed by atoms with van der Waals surface area (Å²) in [7, 11) is 3.23. The molecule has 2 heterocycles. The molecule has 0 aliphatic carbocycles. The fraction of sp³-hybridized carbons (Fsp3) is 0.556. The Morgan fingerprint density at radius 3 is 2.50 bits per heavy atom. The minimum atomic E-state index is -0.394. The van der Waals surface area contributed by atoms with Gasteiger partial charge in [-0.05, 0) is 29.7 Å². The van der Waals surface area contributed by atoms with Crippen LogP contribution in [-0.4, -0.2) is 43.5 Å². The molecule has 0 spiro atoms. The van der Waals surface area contributed by atoms with Gasteiger partial charge in [0.15, 0.2) is 11.5 Å². The van der Waals surface area contributed by atoms with Crippen molar-refractivity contribution in [2.75, 3.05) is 20.8 Å². The van der Waals surface area contributed by atoms with E-state index in [1.165, 1.54) is 5.56 Å². The minimum Gasteiger partial charge on any atom is -0.493 e. The van der Waals surface area contributed by atoms with Gasteiger partial charge in [0.1, 0.15) is 6.04 Å². The predicted octanol–water partition coefficient (Wildman–Crippen LogP) is 1.60. The summed E-state index contributed by atoms with van der Waals surface area (Å²) in [5, 5.41) is 2.77. The van der Waals surface area contributed by atoms with Gasteiger partial charge in [-0.25, -0.2) is 0 Å². The predicted molar refractivity (Wildman–Crippen MR) is 89.2 cm³/mol. The quantitative estimate of drug-likeness (QED) is 0.913. The second-order valence-electron chi connectivity index (χ2n) is 7.10. The van der Waals surface area contributed by atoms with Crippen molar-refractivity contribution in [2.45, 2.75) is 44.7 Å². The number of methoxy groups -OCH3 is 2. The molecule has 2 aliphatic heterocycles. The summed E-state index contributed by atoms with van der Waals surface area (Å²) in [6.07, 6.45) is 1.00. The molecule has 0 radical (unpaired) electrons. The smallest absolute Gasteiger partial charge is 0.245 e. The highest BCUT2D eigenvalue weighted by atomic mass is 16.5. The molecule has 6 nitrogen and oxygen atoms in total. The largest absolute Gasteiger partial charge is 0.493 e. The van der Waals surface area contributed by atoms with Crippen LogP contribution >= 0.6 is 0 Å². The fourth-order valence-electron chi connectivity index (χ4n) is 3.68. The molecule has 1 aromatic rings. The van der Waals surface area contributed by atoms with Crippen molar-refractivity contribution in [1.29, 1.82) is 0 Å². The van der Waals surface area contributed by atoms with Gasteiger partial charge in [-0.2, -0.15) is 0 Å². The molecule has 1 atom stereocenters. The third-order valence-electron chi connectivity index (χ3n) is 4.89. The van der Waals surface area contributed by atoms with E-state index in [1.807, 2.05) is 17.0 Å². The van der Waals surface area contributed by atoms with Gasteiger partial charge in [0.2, 0.25) is 11.8 Å². The first-order valence-electron chi connectivity index (χ1n) is 8.19. The third kappa shape index (κ3) is 2.81. The SMILES string of the molecule is COc1cc2c(cc1OC)C(C)(C)CN(C(=O)C1CCC(=O)N1)C2. The van der Waals surface area contributed by atoms with Crippen LogP contribution in [0.2, 0.25) is 0 Å². The Hall–Kier alpha value is -2.24. The number of carbonyl (C=O) groups is 2. The van der Waals surface area contributed by atoms with E-state index < -0.39 is 6.04 Å². The van der Waals surface area contributed by atoms with Crippen molar-refractivity contribution < 1.29 is 19.1 Å². The van der Waals surface area contributed by atoms with Crippen LogP contribution in [0.1, 0.15) is 37.8 Å². The van der Waals surface area contributed by atoms with Gasteiger partial charge in [-0.1, -0.05) is 13.8 Å². The highest BCUT2D eigenvalue weighted by molar-refractivity contribution is 5.91. The maximum Gasteiger partial charge on any atom is 0.245 e. The molecular weight excluding hydrogens is 308 g/mol. The van der Waals surface area contributed by atoms with Crippen LogP contribution < -0.4 is 14.8 Å². The van der Waals surface area contributed by atoms with Crippen LogP contribution in [0, 0.1) is 0 Å². The molecule has 2 aliphatic rings. The number of benzene rings is 1. The van der Waals surface area contributed by atoms with Crippen molar-refractivity contribution in [1.82, 2.24) is 10.2 Å². The molecule has 130 valence electrons. The summed E-state index contributed by atoms with van der Waals surface area (Å²) in [6.45, 7) is 5.36. The fourth-order valence-corrected chi connectivity index (χ4v) is 3.68. The Balaban J connectivity index is 1.92. The minimum absolute atomic E-state index is 0.00522. The van der Waals surface area contributed by atoms with E-state index in [1.54, 1.807) is 14.2 Å². The molecule has 3 rings (SSSR count). The van der Waals surface area contributed by atoms with Crippen LogP contribution in [0.15, 0.2) is 12.1 Å². The number of hydrogen-bond donors (Lipinski definition) is 1. The van der Waals surface area contributed by atoms with Gasteiger partial charge in [-0.3, -0.25) is 9.59 Å². The number of carbonyl (C=O) groups excluding carboxylic acids is 2. The summed E-state index contributed by atoms with van der Waals surface area (Å²) in [6, 6.07) is 3.56. The first kappa shape index (κ1) is 16.6. The van der Waals surface area contributed by atoms with Gasteiger partial charge in [0.05, 0.1) is 14.2 Å². The topological polar surface area (TPSA) is 67.9 Å². The van der Waals surface area contributed by atoms with Crippen LogP contribution in [-0.2, 0) is 21.5 Å². The van der Waals surface area contributed by atoms with Crippen LogP contribution in [0.3, 0.4) is 0 Å². The molecule has 1 fully saturated rings. The number of amides is 2. The van der Waals surface area contributed by atoms with Crippen molar-refractivity contribution in [2.24, 2.45) is 0 Å². The first-order valence-corrected chi connectivity index (χ1v) is 8.19. The van der Waals surface area contributed by atoms with E-state index in [4.69, 9.17) is 9.47 Å². The highest BCUT2D eigenvalue weighted by Gasteiger charge is 2.38. The third-order valence-corrected chi connectivity index (χ3v) is 4.89. The van der Waals surface area contributed by atoms with E-state index >= 15 is 0 Å². The number of ether oxygens (including phenoxy) is 2. The summed E-state index contributed by atoms with van der Waals surface area (Å²) in [4.78, 5) is 26.0. The lowest BCUT2D eigenvalue weighted by Gasteiger charge is -2.41. The van der Waals surface area contributed by atoms with E-state index in [0.29, 0.717) is 37.4 Å². The molecular formula is C18H24N2O4. The maximum atomic E-state index is 12.8. The lowest BCUT2D eigenvalue weighted by molar-refractivity contribution is -0.136. The molecule has 1 unspecified atom stereocenters. The summed E-state index contributed by atoms with van der Waals surface area (Å²) in [5.74, 6) is 1.31. The Labute approximate surface area is 142 Å². The number of hydrogen-bond acceptors (Lipinski definition) is 4. The van der Waals surface area contributed by atoms with E-state index in [9.17, 15) is 9.59 Å². The Kier molecular flexibility index (Phi) is 4.15. The second kappa shape index (κ2) is 6.00. The first-order chi connectivity index (χ1) is 11.4. The lowest BCUT2D eigenvalue weighted by Crippen LogP contribution is -2.50. The van der Waals surface area contributed by atoms with E-state index in [2.05, 4.69) is 19.2 Å². The van der Waals surface area contributed by atoms with E-state index in [-0.39, 0.29) is 17.2 Å². The van der Waals surface area contributed by atoms with Crippen LogP contribution in [0.25, 0.3) is 0 Å². The van der Waals surface area contributed by atoms with Crippen molar-refractivity contribution in [3.63, 3.8) is 0 Å². The van der Waals surface area contributed by atoms with E-state index in [0.717, 1.165) is 5.56 Å². The zero-order chi connectivity index (χ0) is 17.5. The number of rotatable bonds is 3. The molecule has 1 N–H and O–H groups in total. The molecule has 0 saturated carbocycles. The molecule has 1 aromatic carbocycles. The van der Waals surface area contributed by atoms with Crippen LogP contribution in [0.5, 0.6) is 11.5 Å². The van der Waals surface area contributed by atoms with Gasteiger partial charge in [0.25, 0.3) is 0 Å². The van der Waals surface area contributed by atoms with Crippen molar-refractivity contribution in [3.8, 4) is 11.5 Å². The zero-order valence-corrected chi connectivity index (χ0v) is 14.6. The molecule has 2 amide bonds. The number of nitrogens with one attached hydrogen (secondary N) is 1. The van der Waals surface area contributed by atoms with Crippen LogP contribution in [0.4, 0.5) is 0 Å². The Bertz CT molecular complexity index is 684. The molecule has 0 aromatic heterocycles. The lowest BCUT2D eigenvalue weighted by atomic mass is 9.78. The summed E-state index contributed by atoms with van der Waals surface area (Å²) >= 11 is 0. The van der Waals surface area contributed by atoms with Gasteiger partial charge in [0, 0.05) is 24.9 Å². The average Bonchev–Trinajstić information content (AvgIpc) is 2.98. The maximum absolute atomic E-state index is 12.8. The average molecular weight is 332 g/mol. The van der Waals surface area contributed by atoms with Gasteiger partial charge < -0.3 is 19.7 Å². The molecule has 0 bridgehead atoms. The molecule has 24 heavy (non-hydrogen) atoms. The normalized spacial score (nSPS) is 21.9. The molecule has 1 saturated heterocycles. The summed E-state index contributed by atoms with van der Waals surface area (Å²) < 4.78 is 10.8. The monoisotopic (exact) mass is 332 g/mol. The highest BCUT2D eigenvalue weighted by Crippen LogP contribution is 2.40. The standard InChI is InChI=1S/C18H24N2O4/c1-18(2)10-20(17(22)13-5-6-16(21)19-13)9-11-7-14(23-3)15(24-4)8-12(11)18/h7-8,13H,5-6,9-10H2,1-4H3,(H,19,21). The summed E-state index contributed by atoms with van der Waals surface area (Å²) in [5.41, 5.74) is 2.02. The Morgan fingerprint density at radius 1 is 1.25 bits per heavy atom. The zero-order valence-electron chi connectivity index (χ0n) is 14.6.